The molecule has 0 unspecified atom stereocenters. The summed E-state index contributed by atoms with van der Waals surface area (Å²) in [6.45, 7) is -0.575. The Balaban J connectivity index is 1.17. The molecule has 1 amide bonds. The molecule has 1 N–H and O–H groups in total. The zero-order chi connectivity index (χ0) is 25.2. The van der Waals surface area contributed by atoms with Crippen LogP contribution >= 0.6 is 0 Å². The average Bonchev–Trinajstić information content (AvgIpc) is 3.37. The van der Waals surface area contributed by atoms with Crippen molar-refractivity contribution in [2.45, 2.75) is 32.1 Å². The number of hydrogen-bond acceptors (Lipinski definition) is 6. The van der Waals surface area contributed by atoms with Crippen LogP contribution in [-0.4, -0.2) is 35.8 Å². The van der Waals surface area contributed by atoms with Gasteiger partial charge in [0, 0.05) is 28.7 Å². The second-order valence-electron chi connectivity index (χ2n) is 8.90. The number of benzene rings is 3. The molecule has 7 nitrogen and oxygen atoms in total. The first kappa shape index (κ1) is 23.4. The number of rotatable bonds is 7. The summed E-state index contributed by atoms with van der Waals surface area (Å²) in [4.78, 5) is 62.9. The summed E-state index contributed by atoms with van der Waals surface area (Å²) in [6.07, 6.45) is 2.92. The van der Waals surface area contributed by atoms with Crippen molar-refractivity contribution >= 4 is 34.9 Å². The number of carbonyl (C=O) groups excluding carboxylic acids is 5. The molecule has 3 aromatic carbocycles. The normalized spacial score (nSPS) is 13.4. The molecule has 2 aliphatic rings. The van der Waals surface area contributed by atoms with Crippen LogP contribution in [0.4, 0.5) is 5.69 Å². The molecular formula is C29H23NO6. The molecule has 0 heterocycles. The van der Waals surface area contributed by atoms with Crippen molar-refractivity contribution in [2.24, 2.45) is 0 Å². The fourth-order valence-electron chi connectivity index (χ4n) is 4.76. The Hall–Kier alpha value is -4.39. The highest BCUT2D eigenvalue weighted by atomic mass is 16.5. The van der Waals surface area contributed by atoms with Crippen molar-refractivity contribution in [2.75, 3.05) is 11.9 Å². The van der Waals surface area contributed by atoms with Crippen molar-refractivity contribution in [1.29, 1.82) is 0 Å². The predicted octanol–water partition coefficient (Wildman–Crippen LogP) is 4.10. The topological polar surface area (TPSA) is 107 Å². The summed E-state index contributed by atoms with van der Waals surface area (Å²) in [5.74, 6) is -2.13. The first-order valence-corrected chi connectivity index (χ1v) is 11.8. The zero-order valence-corrected chi connectivity index (χ0v) is 19.5. The van der Waals surface area contributed by atoms with E-state index in [2.05, 4.69) is 5.32 Å². The number of carbonyl (C=O) groups is 5. The van der Waals surface area contributed by atoms with Gasteiger partial charge < -0.3 is 10.1 Å². The van der Waals surface area contributed by atoms with Crippen molar-refractivity contribution in [3.8, 4) is 0 Å². The maximum absolute atomic E-state index is 13.0. The van der Waals surface area contributed by atoms with Crippen LogP contribution in [0.2, 0.25) is 0 Å². The second kappa shape index (κ2) is 9.70. The summed E-state index contributed by atoms with van der Waals surface area (Å²) >= 11 is 0. The van der Waals surface area contributed by atoms with Gasteiger partial charge in [-0.2, -0.15) is 0 Å². The maximum Gasteiger partial charge on any atom is 0.306 e. The van der Waals surface area contributed by atoms with Gasteiger partial charge in [0.15, 0.2) is 24.0 Å². The Morgan fingerprint density at radius 3 is 2.31 bits per heavy atom. The number of Topliss-reactive ketones (excluding diaryl/α,β-unsaturated/α-hetero) is 1. The molecule has 0 atom stereocenters. The molecule has 5 rings (SSSR count). The van der Waals surface area contributed by atoms with Crippen LogP contribution in [0, 0.1) is 0 Å². The van der Waals surface area contributed by atoms with E-state index in [9.17, 15) is 24.0 Å². The van der Waals surface area contributed by atoms with E-state index in [1.165, 1.54) is 17.2 Å². The summed E-state index contributed by atoms with van der Waals surface area (Å²) in [5, 5.41) is 2.57. The molecular weight excluding hydrogens is 458 g/mol. The molecule has 0 aliphatic heterocycles. The molecule has 2 aliphatic carbocycles. The Morgan fingerprint density at radius 2 is 1.50 bits per heavy atom. The molecule has 3 aromatic rings. The molecule has 0 aromatic heterocycles. The Labute approximate surface area is 207 Å². The van der Waals surface area contributed by atoms with E-state index < -0.39 is 18.5 Å². The van der Waals surface area contributed by atoms with Gasteiger partial charge in [-0.25, -0.2) is 0 Å². The number of hydrogen-bond donors (Lipinski definition) is 1. The molecule has 0 spiro atoms. The van der Waals surface area contributed by atoms with Gasteiger partial charge in [-0.1, -0.05) is 48.5 Å². The van der Waals surface area contributed by atoms with E-state index in [4.69, 9.17) is 4.74 Å². The van der Waals surface area contributed by atoms with Gasteiger partial charge in [0.25, 0.3) is 5.91 Å². The van der Waals surface area contributed by atoms with Crippen molar-refractivity contribution in [3.05, 3.63) is 99.6 Å². The van der Waals surface area contributed by atoms with Gasteiger partial charge in [0.05, 0.1) is 17.7 Å². The number of nitrogens with one attached hydrogen (secondary N) is 1. The van der Waals surface area contributed by atoms with E-state index >= 15 is 0 Å². The summed E-state index contributed by atoms with van der Waals surface area (Å²) in [5.41, 5.74) is 4.13. The smallest absolute Gasteiger partial charge is 0.306 e. The van der Waals surface area contributed by atoms with Crippen molar-refractivity contribution in [1.82, 2.24) is 0 Å². The zero-order valence-electron chi connectivity index (χ0n) is 19.5. The molecule has 36 heavy (non-hydrogen) atoms. The molecule has 0 saturated heterocycles. The van der Waals surface area contributed by atoms with E-state index in [0.29, 0.717) is 11.1 Å². The lowest BCUT2D eigenvalue weighted by Gasteiger charge is -2.20. The summed E-state index contributed by atoms with van der Waals surface area (Å²) in [7, 11) is 0. The molecule has 0 bridgehead atoms. The Kier molecular flexibility index (Phi) is 6.29. The minimum Gasteiger partial charge on any atom is -0.456 e. The molecule has 0 fully saturated rings. The fraction of sp³-hybridized carbons (Fsp3) is 0.207. The highest BCUT2D eigenvalue weighted by Crippen LogP contribution is 2.32. The number of esters is 1. The van der Waals surface area contributed by atoms with Crippen molar-refractivity contribution < 1.29 is 28.7 Å². The third-order valence-electron chi connectivity index (χ3n) is 6.57. The van der Waals surface area contributed by atoms with Crippen LogP contribution in [-0.2, 0) is 27.2 Å². The number of ketones is 3. The number of amides is 1. The van der Waals surface area contributed by atoms with Crippen LogP contribution in [0.1, 0.15) is 72.6 Å². The van der Waals surface area contributed by atoms with Gasteiger partial charge in [-0.3, -0.25) is 24.0 Å². The molecule has 0 saturated carbocycles. The third-order valence-corrected chi connectivity index (χ3v) is 6.57. The Bertz CT molecular complexity index is 1440. The first-order chi connectivity index (χ1) is 17.4. The average molecular weight is 482 g/mol. The summed E-state index contributed by atoms with van der Waals surface area (Å²) < 4.78 is 5.03. The van der Waals surface area contributed by atoms with Crippen LogP contribution in [0.15, 0.2) is 60.7 Å². The molecule has 0 radical (unpaired) electrons. The quantitative estimate of drug-likeness (QED) is 0.315. The standard InChI is InChI=1S/C29H23NO6/c31-24(19-12-11-17-5-3-6-18(17)15-19)13-14-26(33)36-16-25(32)30-23-10-4-9-22-27(23)29(35)21-8-2-1-7-20(21)28(22)34/h1-2,4,7-12,15H,3,5-6,13-14,16H2,(H,30,32). The number of ether oxygens (including phenoxy) is 1. The van der Waals surface area contributed by atoms with Gasteiger partial charge >= 0.3 is 5.97 Å². The molecule has 180 valence electrons. The third kappa shape index (κ3) is 4.47. The largest absolute Gasteiger partial charge is 0.456 e. The van der Waals surface area contributed by atoms with E-state index in [-0.39, 0.29) is 52.6 Å². The van der Waals surface area contributed by atoms with E-state index in [0.717, 1.165) is 19.3 Å². The SMILES string of the molecule is O=C(COC(=O)CCC(=O)c1ccc2c(c1)CCC2)Nc1cccc2c1C(=O)c1ccccc1C2=O. The highest BCUT2D eigenvalue weighted by Gasteiger charge is 2.31. The number of fused-ring (bicyclic) bond motifs is 3. The van der Waals surface area contributed by atoms with Gasteiger partial charge in [0.1, 0.15) is 0 Å². The summed E-state index contributed by atoms with van der Waals surface area (Å²) in [6, 6.07) is 16.8. The highest BCUT2D eigenvalue weighted by molar-refractivity contribution is 6.30. The lowest BCUT2D eigenvalue weighted by atomic mass is 9.83. The Morgan fingerprint density at radius 1 is 0.778 bits per heavy atom. The van der Waals surface area contributed by atoms with Gasteiger partial charge in [-0.15, -0.1) is 0 Å². The predicted molar refractivity (Wildman–Crippen MR) is 131 cm³/mol. The van der Waals surface area contributed by atoms with Crippen molar-refractivity contribution in [3.63, 3.8) is 0 Å². The van der Waals surface area contributed by atoms with E-state index in [1.54, 1.807) is 42.5 Å². The number of aryl methyl sites for hydroxylation is 2. The lowest BCUT2D eigenvalue weighted by molar-refractivity contribution is -0.147. The van der Waals surface area contributed by atoms with Gasteiger partial charge in [0.2, 0.25) is 0 Å². The minimum absolute atomic E-state index is 0.0124. The van der Waals surface area contributed by atoms with E-state index in [1.807, 2.05) is 12.1 Å². The van der Waals surface area contributed by atoms with Crippen LogP contribution in [0.3, 0.4) is 0 Å². The monoisotopic (exact) mass is 481 g/mol. The fourth-order valence-corrected chi connectivity index (χ4v) is 4.76. The lowest BCUT2D eigenvalue weighted by Crippen LogP contribution is -2.26. The second-order valence-corrected chi connectivity index (χ2v) is 8.90. The van der Waals surface area contributed by atoms with Crippen LogP contribution in [0.5, 0.6) is 0 Å². The van der Waals surface area contributed by atoms with Crippen LogP contribution in [0.25, 0.3) is 0 Å². The van der Waals surface area contributed by atoms with Crippen LogP contribution < -0.4 is 5.32 Å². The first-order valence-electron chi connectivity index (χ1n) is 11.8. The van der Waals surface area contributed by atoms with Gasteiger partial charge in [-0.05, 0) is 42.5 Å². The molecule has 7 heteroatoms. The maximum atomic E-state index is 13.0. The number of anilines is 1. The minimum atomic E-state index is -0.671.